The van der Waals surface area contributed by atoms with Crippen molar-refractivity contribution in [2.24, 2.45) is 5.73 Å². The molecule has 0 aliphatic rings. The summed E-state index contributed by atoms with van der Waals surface area (Å²) in [4.78, 5) is 11.5. The molecule has 0 spiro atoms. The molecular weight excluding hydrogens is 259 g/mol. The van der Waals surface area contributed by atoms with E-state index in [0.29, 0.717) is 0 Å². The second kappa shape index (κ2) is 5.92. The van der Waals surface area contributed by atoms with E-state index >= 15 is 0 Å². The number of halogens is 1. The molecule has 0 radical (unpaired) electrons. The van der Waals surface area contributed by atoms with Gasteiger partial charge in [0.05, 0.1) is 10.9 Å². The molecule has 0 aliphatic carbocycles. The molecule has 100 valence electrons. The molecule has 0 aliphatic heterocycles. The second-order valence-electron chi connectivity index (χ2n) is 3.88. The molecule has 1 rings (SSSR count). The van der Waals surface area contributed by atoms with Crippen LogP contribution >= 0.6 is 0 Å². The fourth-order valence-electron chi connectivity index (χ4n) is 1.22. The van der Waals surface area contributed by atoms with Crippen LogP contribution in [-0.4, -0.2) is 31.9 Å². The van der Waals surface area contributed by atoms with Crippen molar-refractivity contribution in [2.75, 3.05) is 17.6 Å². The van der Waals surface area contributed by atoms with Gasteiger partial charge in [-0.3, -0.25) is 4.79 Å². The molecule has 0 saturated heterocycles. The first-order chi connectivity index (χ1) is 8.36. The minimum Gasteiger partial charge on any atom is -0.329 e. The highest BCUT2D eigenvalue weighted by molar-refractivity contribution is 7.92. The SMILES string of the molecule is CC(CN)S(=O)(=O)CC(=O)Nc1ccccc1F. The first kappa shape index (κ1) is 14.6. The minimum absolute atomic E-state index is 0.0434. The van der Waals surface area contributed by atoms with E-state index in [1.807, 2.05) is 0 Å². The van der Waals surface area contributed by atoms with Crippen LogP contribution in [0.15, 0.2) is 24.3 Å². The van der Waals surface area contributed by atoms with Crippen LogP contribution in [0.4, 0.5) is 10.1 Å². The fourth-order valence-corrected chi connectivity index (χ4v) is 2.24. The predicted octanol–water partition coefficient (Wildman–Crippen LogP) is 0.526. The van der Waals surface area contributed by atoms with E-state index in [-0.39, 0.29) is 12.2 Å². The zero-order valence-electron chi connectivity index (χ0n) is 9.89. The number of sulfone groups is 1. The quantitative estimate of drug-likeness (QED) is 0.819. The lowest BCUT2D eigenvalue weighted by molar-refractivity contribution is -0.113. The van der Waals surface area contributed by atoms with Crippen molar-refractivity contribution < 1.29 is 17.6 Å². The van der Waals surface area contributed by atoms with E-state index in [0.717, 1.165) is 0 Å². The smallest absolute Gasteiger partial charge is 0.239 e. The molecule has 0 aromatic heterocycles. The van der Waals surface area contributed by atoms with Crippen molar-refractivity contribution in [3.8, 4) is 0 Å². The highest BCUT2D eigenvalue weighted by Crippen LogP contribution is 2.12. The number of nitrogens with one attached hydrogen (secondary N) is 1. The topological polar surface area (TPSA) is 89.3 Å². The van der Waals surface area contributed by atoms with Crippen molar-refractivity contribution in [3.05, 3.63) is 30.1 Å². The minimum atomic E-state index is -3.60. The molecular formula is C11H15FN2O3S. The van der Waals surface area contributed by atoms with Crippen LogP contribution in [0.3, 0.4) is 0 Å². The lowest BCUT2D eigenvalue weighted by Gasteiger charge is -2.10. The monoisotopic (exact) mass is 274 g/mol. The third kappa shape index (κ3) is 3.78. The predicted molar refractivity (Wildman–Crippen MR) is 67.3 cm³/mol. The number of hydrogen-bond acceptors (Lipinski definition) is 4. The normalized spacial score (nSPS) is 13.1. The average Bonchev–Trinajstić information content (AvgIpc) is 2.30. The van der Waals surface area contributed by atoms with Gasteiger partial charge in [0.15, 0.2) is 9.84 Å². The van der Waals surface area contributed by atoms with Gasteiger partial charge >= 0.3 is 0 Å². The third-order valence-electron chi connectivity index (χ3n) is 2.43. The zero-order chi connectivity index (χ0) is 13.8. The van der Waals surface area contributed by atoms with E-state index in [1.165, 1.54) is 31.2 Å². The number of hydrogen-bond donors (Lipinski definition) is 2. The molecule has 1 amide bonds. The average molecular weight is 274 g/mol. The number of nitrogens with two attached hydrogens (primary N) is 1. The van der Waals surface area contributed by atoms with Crippen LogP contribution in [0.5, 0.6) is 0 Å². The Bertz CT molecular complexity index is 531. The Morgan fingerprint density at radius 2 is 2.06 bits per heavy atom. The Morgan fingerprint density at radius 1 is 1.44 bits per heavy atom. The van der Waals surface area contributed by atoms with E-state index in [9.17, 15) is 17.6 Å². The summed E-state index contributed by atoms with van der Waals surface area (Å²) < 4.78 is 36.4. The van der Waals surface area contributed by atoms with Crippen molar-refractivity contribution >= 4 is 21.4 Å². The number of carbonyl (C=O) groups is 1. The fraction of sp³-hybridized carbons (Fsp3) is 0.364. The van der Waals surface area contributed by atoms with Gasteiger partial charge in [0.25, 0.3) is 0 Å². The number of para-hydroxylation sites is 1. The van der Waals surface area contributed by atoms with Gasteiger partial charge in [0, 0.05) is 6.54 Å². The van der Waals surface area contributed by atoms with Crippen LogP contribution in [0.2, 0.25) is 0 Å². The maximum absolute atomic E-state index is 13.2. The summed E-state index contributed by atoms with van der Waals surface area (Å²) in [6.07, 6.45) is 0. The van der Waals surface area contributed by atoms with Gasteiger partial charge in [0.1, 0.15) is 11.6 Å². The van der Waals surface area contributed by atoms with Crippen LogP contribution in [0, 0.1) is 5.82 Å². The van der Waals surface area contributed by atoms with Gasteiger partial charge in [-0.25, -0.2) is 12.8 Å². The lowest BCUT2D eigenvalue weighted by atomic mass is 10.3. The van der Waals surface area contributed by atoms with Crippen LogP contribution in [0.1, 0.15) is 6.92 Å². The molecule has 0 heterocycles. The van der Waals surface area contributed by atoms with Crippen LogP contribution < -0.4 is 11.1 Å². The van der Waals surface area contributed by atoms with Gasteiger partial charge in [-0.15, -0.1) is 0 Å². The molecule has 5 nitrogen and oxygen atoms in total. The Kier molecular flexibility index (Phi) is 4.80. The van der Waals surface area contributed by atoms with Gasteiger partial charge in [-0.1, -0.05) is 12.1 Å². The van der Waals surface area contributed by atoms with Crippen molar-refractivity contribution in [1.82, 2.24) is 0 Å². The molecule has 0 bridgehead atoms. The van der Waals surface area contributed by atoms with Crippen molar-refractivity contribution in [2.45, 2.75) is 12.2 Å². The molecule has 18 heavy (non-hydrogen) atoms. The summed E-state index contributed by atoms with van der Waals surface area (Å²) in [6, 6.07) is 5.53. The Hall–Kier alpha value is -1.47. The van der Waals surface area contributed by atoms with Gasteiger partial charge in [-0.05, 0) is 19.1 Å². The van der Waals surface area contributed by atoms with E-state index < -0.39 is 32.6 Å². The number of carbonyl (C=O) groups excluding carboxylic acids is 1. The standard InChI is InChI=1S/C11H15FN2O3S/c1-8(6-13)18(16,17)7-11(15)14-10-5-3-2-4-9(10)12/h2-5,8H,6-7,13H2,1H3,(H,14,15). The maximum Gasteiger partial charge on any atom is 0.239 e. The van der Waals surface area contributed by atoms with Gasteiger partial charge < -0.3 is 11.1 Å². The van der Waals surface area contributed by atoms with Gasteiger partial charge in [-0.2, -0.15) is 0 Å². The summed E-state index contributed by atoms with van der Waals surface area (Å²) in [5.41, 5.74) is 5.20. The van der Waals surface area contributed by atoms with Crippen molar-refractivity contribution in [1.29, 1.82) is 0 Å². The molecule has 1 atom stereocenters. The number of rotatable bonds is 5. The summed E-state index contributed by atoms with van der Waals surface area (Å²) in [5.74, 6) is -2.10. The summed E-state index contributed by atoms with van der Waals surface area (Å²) in [5, 5.41) is 1.41. The molecule has 3 N–H and O–H groups in total. The first-order valence-electron chi connectivity index (χ1n) is 5.33. The van der Waals surface area contributed by atoms with E-state index in [4.69, 9.17) is 5.73 Å². The highest BCUT2D eigenvalue weighted by Gasteiger charge is 2.23. The highest BCUT2D eigenvalue weighted by atomic mass is 32.2. The largest absolute Gasteiger partial charge is 0.329 e. The first-order valence-corrected chi connectivity index (χ1v) is 7.04. The molecule has 1 aromatic carbocycles. The summed E-state index contributed by atoms with van der Waals surface area (Å²) in [6.45, 7) is 1.36. The molecule has 7 heteroatoms. The van der Waals surface area contributed by atoms with Crippen LogP contribution in [-0.2, 0) is 14.6 Å². The van der Waals surface area contributed by atoms with Gasteiger partial charge in [0.2, 0.25) is 5.91 Å². The zero-order valence-corrected chi connectivity index (χ0v) is 10.7. The Balaban J connectivity index is 2.72. The lowest BCUT2D eigenvalue weighted by Crippen LogP contribution is -2.33. The second-order valence-corrected chi connectivity index (χ2v) is 6.30. The van der Waals surface area contributed by atoms with Crippen LogP contribution in [0.25, 0.3) is 0 Å². The van der Waals surface area contributed by atoms with Crippen molar-refractivity contribution in [3.63, 3.8) is 0 Å². The third-order valence-corrected chi connectivity index (χ3v) is 4.51. The summed E-state index contributed by atoms with van der Waals surface area (Å²) >= 11 is 0. The molecule has 0 saturated carbocycles. The Labute approximate surface area is 105 Å². The van der Waals surface area contributed by atoms with E-state index in [1.54, 1.807) is 0 Å². The van der Waals surface area contributed by atoms with E-state index in [2.05, 4.69) is 5.32 Å². The summed E-state index contributed by atoms with van der Waals surface area (Å²) in [7, 11) is -3.60. The maximum atomic E-state index is 13.2. The molecule has 1 aromatic rings. The number of amides is 1. The molecule has 0 fully saturated rings. The number of benzene rings is 1. The number of anilines is 1. The Morgan fingerprint density at radius 3 is 2.61 bits per heavy atom. The molecule has 1 unspecified atom stereocenters.